The molecule has 20 heavy (non-hydrogen) atoms. The van der Waals surface area contributed by atoms with Gasteiger partial charge >= 0.3 is 0 Å². The lowest BCUT2D eigenvalue weighted by molar-refractivity contribution is 0.0588. The van der Waals surface area contributed by atoms with Gasteiger partial charge in [-0.25, -0.2) is 0 Å². The molecule has 0 bridgehead atoms. The molecule has 1 fully saturated rings. The fourth-order valence-electron chi connectivity index (χ4n) is 2.74. The Morgan fingerprint density at radius 1 is 1.25 bits per heavy atom. The van der Waals surface area contributed by atoms with Crippen LogP contribution in [0.3, 0.4) is 0 Å². The number of benzene rings is 1. The Morgan fingerprint density at radius 2 is 1.90 bits per heavy atom. The Balaban J connectivity index is 2.01. The first-order chi connectivity index (χ1) is 9.52. The van der Waals surface area contributed by atoms with Crippen LogP contribution in [-0.2, 0) is 0 Å². The van der Waals surface area contributed by atoms with E-state index in [1.165, 1.54) is 5.56 Å². The largest absolute Gasteiger partial charge is 0.336 e. The SMILES string of the molecule is Cc1ccc(C(=O)N2CCN(C(C)CN)CC2)c(C)c1. The lowest BCUT2D eigenvalue weighted by Gasteiger charge is -2.37. The number of nitrogens with zero attached hydrogens (tertiary/aromatic N) is 2. The molecule has 110 valence electrons. The van der Waals surface area contributed by atoms with Crippen molar-refractivity contribution in [2.45, 2.75) is 26.8 Å². The van der Waals surface area contributed by atoms with Gasteiger partial charge in [-0.05, 0) is 32.4 Å². The van der Waals surface area contributed by atoms with E-state index >= 15 is 0 Å². The third-order valence-corrected chi connectivity index (χ3v) is 4.18. The van der Waals surface area contributed by atoms with E-state index in [9.17, 15) is 4.79 Å². The van der Waals surface area contributed by atoms with Gasteiger partial charge in [-0.3, -0.25) is 9.69 Å². The summed E-state index contributed by atoms with van der Waals surface area (Å²) in [7, 11) is 0. The van der Waals surface area contributed by atoms with E-state index in [-0.39, 0.29) is 5.91 Å². The van der Waals surface area contributed by atoms with E-state index in [1.54, 1.807) is 0 Å². The van der Waals surface area contributed by atoms with Crippen molar-refractivity contribution in [3.8, 4) is 0 Å². The van der Waals surface area contributed by atoms with Crippen molar-refractivity contribution in [1.82, 2.24) is 9.80 Å². The minimum absolute atomic E-state index is 0.155. The number of rotatable bonds is 3. The summed E-state index contributed by atoms with van der Waals surface area (Å²) in [5, 5.41) is 0. The van der Waals surface area contributed by atoms with Crippen LogP contribution in [0.2, 0.25) is 0 Å². The normalized spacial score (nSPS) is 18.1. The summed E-state index contributed by atoms with van der Waals surface area (Å²) >= 11 is 0. The zero-order valence-electron chi connectivity index (χ0n) is 12.7. The molecule has 1 aliphatic rings. The van der Waals surface area contributed by atoms with E-state index in [2.05, 4.69) is 17.9 Å². The van der Waals surface area contributed by atoms with Crippen LogP contribution < -0.4 is 5.73 Å². The average Bonchev–Trinajstić information content (AvgIpc) is 2.46. The highest BCUT2D eigenvalue weighted by Gasteiger charge is 2.24. The van der Waals surface area contributed by atoms with Gasteiger partial charge in [-0.2, -0.15) is 0 Å². The molecule has 1 heterocycles. The zero-order chi connectivity index (χ0) is 14.7. The van der Waals surface area contributed by atoms with Gasteiger partial charge in [0.1, 0.15) is 0 Å². The highest BCUT2D eigenvalue weighted by atomic mass is 16.2. The number of aryl methyl sites for hydroxylation is 2. The summed E-state index contributed by atoms with van der Waals surface area (Å²) in [6, 6.07) is 6.42. The first-order valence-corrected chi connectivity index (χ1v) is 7.33. The van der Waals surface area contributed by atoms with Crippen molar-refractivity contribution >= 4 is 5.91 Å². The van der Waals surface area contributed by atoms with E-state index in [0.717, 1.165) is 37.3 Å². The minimum atomic E-state index is 0.155. The Morgan fingerprint density at radius 3 is 2.45 bits per heavy atom. The van der Waals surface area contributed by atoms with Gasteiger partial charge in [0.05, 0.1) is 0 Å². The monoisotopic (exact) mass is 275 g/mol. The van der Waals surface area contributed by atoms with E-state index in [0.29, 0.717) is 12.6 Å². The second kappa shape index (κ2) is 6.37. The summed E-state index contributed by atoms with van der Waals surface area (Å²) in [4.78, 5) is 16.9. The smallest absolute Gasteiger partial charge is 0.254 e. The summed E-state index contributed by atoms with van der Waals surface area (Å²) in [6.45, 7) is 10.3. The molecule has 1 atom stereocenters. The van der Waals surface area contributed by atoms with Crippen molar-refractivity contribution in [3.05, 3.63) is 34.9 Å². The number of nitrogens with two attached hydrogens (primary N) is 1. The number of carbonyl (C=O) groups excluding carboxylic acids is 1. The third kappa shape index (κ3) is 3.19. The molecule has 1 aromatic rings. The van der Waals surface area contributed by atoms with E-state index < -0.39 is 0 Å². The minimum Gasteiger partial charge on any atom is -0.336 e. The number of carbonyl (C=O) groups is 1. The third-order valence-electron chi connectivity index (χ3n) is 4.18. The predicted molar refractivity (Wildman–Crippen MR) is 81.9 cm³/mol. The molecule has 1 unspecified atom stereocenters. The number of piperazine rings is 1. The molecule has 2 N–H and O–H groups in total. The molecule has 2 rings (SSSR count). The van der Waals surface area contributed by atoms with Crippen LogP contribution >= 0.6 is 0 Å². The van der Waals surface area contributed by atoms with Crippen LogP contribution in [0.15, 0.2) is 18.2 Å². The molecule has 1 saturated heterocycles. The maximum Gasteiger partial charge on any atom is 0.254 e. The molecular weight excluding hydrogens is 250 g/mol. The van der Waals surface area contributed by atoms with Crippen molar-refractivity contribution < 1.29 is 4.79 Å². The molecule has 4 heteroatoms. The Labute approximate surface area is 121 Å². The zero-order valence-corrected chi connectivity index (χ0v) is 12.7. The van der Waals surface area contributed by atoms with Crippen molar-refractivity contribution in [3.63, 3.8) is 0 Å². The molecule has 0 saturated carbocycles. The van der Waals surface area contributed by atoms with Gasteiger partial charge in [-0.1, -0.05) is 17.7 Å². The van der Waals surface area contributed by atoms with Crippen LogP contribution in [0.5, 0.6) is 0 Å². The van der Waals surface area contributed by atoms with Crippen molar-refractivity contribution in [1.29, 1.82) is 0 Å². The topological polar surface area (TPSA) is 49.6 Å². The highest BCUT2D eigenvalue weighted by Crippen LogP contribution is 2.15. The maximum atomic E-state index is 12.6. The second-order valence-corrected chi connectivity index (χ2v) is 5.73. The summed E-state index contributed by atoms with van der Waals surface area (Å²) < 4.78 is 0. The molecule has 1 aromatic carbocycles. The maximum absolute atomic E-state index is 12.6. The van der Waals surface area contributed by atoms with Crippen LogP contribution in [0.1, 0.15) is 28.4 Å². The van der Waals surface area contributed by atoms with E-state index in [1.807, 2.05) is 30.9 Å². The van der Waals surface area contributed by atoms with Gasteiger partial charge < -0.3 is 10.6 Å². The summed E-state index contributed by atoms with van der Waals surface area (Å²) in [6.07, 6.45) is 0. The first-order valence-electron chi connectivity index (χ1n) is 7.33. The summed E-state index contributed by atoms with van der Waals surface area (Å²) in [5.41, 5.74) is 8.79. The molecular formula is C16H25N3O. The molecule has 0 aliphatic carbocycles. The number of hydrogen-bond donors (Lipinski definition) is 1. The van der Waals surface area contributed by atoms with Gasteiger partial charge in [0.2, 0.25) is 0 Å². The fraction of sp³-hybridized carbons (Fsp3) is 0.562. The second-order valence-electron chi connectivity index (χ2n) is 5.73. The van der Waals surface area contributed by atoms with Gasteiger partial charge in [0, 0.05) is 44.3 Å². The van der Waals surface area contributed by atoms with Gasteiger partial charge in [0.15, 0.2) is 0 Å². The van der Waals surface area contributed by atoms with Gasteiger partial charge in [-0.15, -0.1) is 0 Å². The molecule has 4 nitrogen and oxygen atoms in total. The fourth-order valence-corrected chi connectivity index (χ4v) is 2.74. The van der Waals surface area contributed by atoms with Crippen LogP contribution in [0.4, 0.5) is 0 Å². The molecule has 1 aliphatic heterocycles. The summed E-state index contributed by atoms with van der Waals surface area (Å²) in [5.74, 6) is 0.155. The average molecular weight is 275 g/mol. The Bertz CT molecular complexity index is 479. The van der Waals surface area contributed by atoms with E-state index in [4.69, 9.17) is 5.73 Å². The van der Waals surface area contributed by atoms with Crippen LogP contribution in [0, 0.1) is 13.8 Å². The lowest BCUT2D eigenvalue weighted by atomic mass is 10.0. The predicted octanol–water partition coefficient (Wildman–Crippen LogP) is 1.41. The molecule has 0 aromatic heterocycles. The van der Waals surface area contributed by atoms with Crippen molar-refractivity contribution in [2.75, 3.05) is 32.7 Å². The molecule has 0 spiro atoms. The molecule has 1 amide bonds. The quantitative estimate of drug-likeness (QED) is 0.907. The standard InChI is InChI=1S/C16H25N3O/c1-12-4-5-15(13(2)10-12)16(20)19-8-6-18(7-9-19)14(3)11-17/h4-5,10,14H,6-9,11,17H2,1-3H3. The molecule has 0 radical (unpaired) electrons. The first kappa shape index (κ1) is 15.0. The Hall–Kier alpha value is -1.39. The van der Waals surface area contributed by atoms with Gasteiger partial charge in [0.25, 0.3) is 5.91 Å². The lowest BCUT2D eigenvalue weighted by Crippen LogP contribution is -2.52. The van der Waals surface area contributed by atoms with Crippen LogP contribution in [0.25, 0.3) is 0 Å². The number of amides is 1. The van der Waals surface area contributed by atoms with Crippen molar-refractivity contribution in [2.24, 2.45) is 5.73 Å². The number of hydrogen-bond acceptors (Lipinski definition) is 3. The van der Waals surface area contributed by atoms with Crippen LogP contribution in [-0.4, -0.2) is 54.5 Å². The highest BCUT2D eigenvalue weighted by molar-refractivity contribution is 5.95. The Kier molecular flexibility index (Phi) is 4.78.